The van der Waals surface area contributed by atoms with Gasteiger partial charge in [-0.2, -0.15) is 0 Å². The predicted molar refractivity (Wildman–Crippen MR) is 120 cm³/mol. The maximum atomic E-state index is 12.9. The number of rotatable bonds is 5. The maximum Gasteiger partial charge on any atom is 0.282 e. The average molecular weight is 437 g/mol. The van der Waals surface area contributed by atoms with Crippen LogP contribution in [0.15, 0.2) is 18.2 Å². The Morgan fingerprint density at radius 3 is 2.53 bits per heavy atom. The molecule has 4 saturated heterocycles. The van der Waals surface area contributed by atoms with Gasteiger partial charge in [0.15, 0.2) is 0 Å². The average Bonchev–Trinajstić information content (AvgIpc) is 3.06. The number of hydrogen-bond acceptors (Lipinski definition) is 6. The van der Waals surface area contributed by atoms with Crippen molar-refractivity contribution in [3.63, 3.8) is 0 Å². The van der Waals surface area contributed by atoms with Crippen molar-refractivity contribution in [1.82, 2.24) is 10.2 Å². The summed E-state index contributed by atoms with van der Waals surface area (Å²) in [5.74, 6) is 1.33. The van der Waals surface area contributed by atoms with Crippen LogP contribution in [0.2, 0.25) is 0 Å². The van der Waals surface area contributed by atoms with Crippen molar-refractivity contribution < 1.29 is 13.9 Å². The van der Waals surface area contributed by atoms with Gasteiger partial charge in [-0.25, -0.2) is 0 Å². The molecule has 8 nitrogen and oxygen atoms in total. The number of nitrogens with one attached hydrogen (secondary N) is 1. The summed E-state index contributed by atoms with van der Waals surface area (Å²) in [7, 11) is -1.99. The van der Waals surface area contributed by atoms with Gasteiger partial charge >= 0.3 is 0 Å². The molecular formula is C21H32N4O4S. The van der Waals surface area contributed by atoms with Crippen molar-refractivity contribution >= 4 is 27.2 Å². The maximum absolute atomic E-state index is 12.9. The highest BCUT2D eigenvalue weighted by Crippen LogP contribution is 2.31. The first-order valence-electron chi connectivity index (χ1n) is 10.9. The number of anilines is 1. The molecule has 4 aliphatic heterocycles. The van der Waals surface area contributed by atoms with Crippen LogP contribution in [-0.4, -0.2) is 76.5 Å². The van der Waals surface area contributed by atoms with Gasteiger partial charge in [0.25, 0.3) is 11.6 Å². The van der Waals surface area contributed by atoms with E-state index in [4.69, 9.17) is 0 Å². The fraction of sp³-hybridized carbons (Fsp3) is 0.667. The van der Waals surface area contributed by atoms with Crippen molar-refractivity contribution in [3.05, 3.63) is 33.9 Å². The highest BCUT2D eigenvalue weighted by Gasteiger charge is 2.31. The Morgan fingerprint density at radius 2 is 1.87 bits per heavy atom. The number of carbonyl (C=O) groups is 1. The van der Waals surface area contributed by atoms with Crippen LogP contribution in [0.25, 0.3) is 0 Å². The van der Waals surface area contributed by atoms with E-state index >= 15 is 0 Å². The number of benzene rings is 1. The number of thiol groups is 1. The van der Waals surface area contributed by atoms with Crippen LogP contribution in [0.1, 0.15) is 36.0 Å². The Bertz CT molecular complexity index is 857. The lowest BCUT2D eigenvalue weighted by atomic mass is 10.0. The molecule has 30 heavy (non-hydrogen) atoms. The molecule has 0 radical (unpaired) electrons. The molecule has 5 rings (SSSR count). The summed E-state index contributed by atoms with van der Waals surface area (Å²) in [5.41, 5.74) is 0.874. The summed E-state index contributed by atoms with van der Waals surface area (Å²) in [5, 5.41) is 14.5. The first-order valence-corrected chi connectivity index (χ1v) is 13.5. The Hall–Kier alpha value is -2.00. The molecule has 0 unspecified atom stereocenters. The van der Waals surface area contributed by atoms with E-state index in [1.165, 1.54) is 6.07 Å². The minimum atomic E-state index is -1.99. The van der Waals surface area contributed by atoms with E-state index in [-0.39, 0.29) is 17.2 Å². The second kappa shape index (κ2) is 8.63. The van der Waals surface area contributed by atoms with Gasteiger partial charge in [-0.15, -0.1) is 9.93 Å². The zero-order chi connectivity index (χ0) is 21.3. The van der Waals surface area contributed by atoms with E-state index in [0.29, 0.717) is 12.6 Å². The molecule has 0 aromatic heterocycles. The van der Waals surface area contributed by atoms with Crippen molar-refractivity contribution in [2.45, 2.75) is 31.7 Å². The van der Waals surface area contributed by atoms with Gasteiger partial charge in [-0.05, 0) is 50.0 Å². The van der Waals surface area contributed by atoms with Crippen LogP contribution in [0.3, 0.4) is 0 Å². The summed E-state index contributed by atoms with van der Waals surface area (Å²) in [6.45, 7) is 4.52. The number of nitrogens with zero attached hydrogens (tertiary/aromatic N) is 3. The fourth-order valence-corrected chi connectivity index (χ4v) is 7.02. The van der Waals surface area contributed by atoms with E-state index in [1.54, 1.807) is 12.1 Å². The van der Waals surface area contributed by atoms with Gasteiger partial charge in [0, 0.05) is 62.0 Å². The molecule has 1 aromatic carbocycles. The normalized spacial score (nSPS) is 29.1. The van der Waals surface area contributed by atoms with Gasteiger partial charge < -0.3 is 15.1 Å². The van der Waals surface area contributed by atoms with Crippen LogP contribution in [0.5, 0.6) is 0 Å². The molecule has 0 saturated carbocycles. The minimum absolute atomic E-state index is 0.133. The van der Waals surface area contributed by atoms with Gasteiger partial charge in [0.05, 0.1) is 4.92 Å². The van der Waals surface area contributed by atoms with E-state index in [9.17, 15) is 19.1 Å². The highest BCUT2D eigenvalue weighted by molar-refractivity contribution is 8.02. The zero-order valence-electron chi connectivity index (χ0n) is 17.6. The van der Waals surface area contributed by atoms with E-state index in [0.717, 1.165) is 69.1 Å². The Kier molecular flexibility index (Phi) is 6.11. The highest BCUT2D eigenvalue weighted by atomic mass is 32.2. The van der Waals surface area contributed by atoms with Crippen LogP contribution in [-0.2, 0) is 9.93 Å². The van der Waals surface area contributed by atoms with Gasteiger partial charge in [0.2, 0.25) is 0 Å². The second-order valence-electron chi connectivity index (χ2n) is 9.12. The van der Waals surface area contributed by atoms with Crippen LogP contribution >= 0.6 is 0 Å². The number of carbonyl (C=O) groups excluding carboxylic acids is 1. The molecule has 1 N–H and O–H groups in total. The molecule has 0 aliphatic carbocycles. The lowest BCUT2D eigenvalue weighted by molar-refractivity contribution is -0.385. The fourth-order valence-electron chi connectivity index (χ4n) is 4.97. The molecule has 1 amide bonds. The molecule has 9 heteroatoms. The van der Waals surface area contributed by atoms with Crippen molar-refractivity contribution in [1.29, 1.82) is 0 Å². The van der Waals surface area contributed by atoms with Crippen molar-refractivity contribution in [2.75, 3.05) is 55.4 Å². The van der Waals surface area contributed by atoms with Crippen LogP contribution in [0.4, 0.5) is 11.4 Å². The van der Waals surface area contributed by atoms with Gasteiger partial charge in [-0.3, -0.25) is 19.1 Å². The van der Waals surface area contributed by atoms with E-state index in [1.807, 2.05) is 6.26 Å². The molecular weight excluding hydrogens is 404 g/mol. The number of fused-ring (bicyclic) bond motifs is 4. The van der Waals surface area contributed by atoms with Crippen molar-refractivity contribution in [3.8, 4) is 0 Å². The number of nitro groups is 1. The Balaban J connectivity index is 1.49. The van der Waals surface area contributed by atoms with Crippen LogP contribution in [0, 0.1) is 16.0 Å². The SMILES string of the molecule is C[SH]1(=O)CCC(CNC(=O)c2cc(N3CCN4CCC3CC4)ccc2[N+](=O)[O-])CC1. The number of hydrogen-bond donors (Lipinski definition) is 2. The lowest BCUT2D eigenvalue weighted by Crippen LogP contribution is -2.38. The van der Waals surface area contributed by atoms with Crippen LogP contribution < -0.4 is 10.2 Å². The molecule has 2 bridgehead atoms. The summed E-state index contributed by atoms with van der Waals surface area (Å²) >= 11 is 0. The molecule has 4 heterocycles. The quantitative estimate of drug-likeness (QED) is 0.414. The first kappa shape index (κ1) is 21.2. The Labute approximate surface area is 178 Å². The number of nitro benzene ring substituents is 1. The number of amides is 1. The summed E-state index contributed by atoms with van der Waals surface area (Å²) in [6, 6.07) is 5.37. The minimum Gasteiger partial charge on any atom is -0.367 e. The topological polar surface area (TPSA) is 95.8 Å². The molecule has 166 valence electrons. The van der Waals surface area contributed by atoms with Gasteiger partial charge in [-0.1, -0.05) is 0 Å². The third-order valence-electron chi connectivity index (χ3n) is 6.98. The molecule has 1 aromatic rings. The second-order valence-corrected chi connectivity index (χ2v) is 12.6. The van der Waals surface area contributed by atoms with Gasteiger partial charge in [0.1, 0.15) is 5.56 Å². The van der Waals surface area contributed by atoms with Crippen molar-refractivity contribution in [2.24, 2.45) is 5.92 Å². The lowest BCUT2D eigenvalue weighted by Gasteiger charge is -2.33. The van der Waals surface area contributed by atoms with E-state index in [2.05, 4.69) is 15.1 Å². The molecule has 0 atom stereocenters. The standard InChI is InChI=1S/C21H32N4O4S/c1-30(29)12-6-16(7-13-30)15-22-21(26)19-14-18(2-3-20(19)25(27)28)24-11-10-23-8-4-17(24)5-9-23/h2-3,14,16-17,30H,4-13,15H2,1H3,(H,22,26). The summed E-state index contributed by atoms with van der Waals surface area (Å²) in [4.78, 5) is 28.7. The molecule has 4 aliphatic rings. The summed E-state index contributed by atoms with van der Waals surface area (Å²) in [6.07, 6.45) is 5.69. The smallest absolute Gasteiger partial charge is 0.282 e. The first-order chi connectivity index (χ1) is 14.3. The predicted octanol–water partition coefficient (Wildman–Crippen LogP) is 1.67. The largest absolute Gasteiger partial charge is 0.367 e. The number of piperidine rings is 1. The third kappa shape index (κ3) is 4.67. The summed E-state index contributed by atoms with van der Waals surface area (Å²) < 4.78 is 12.2. The molecule has 0 spiro atoms. The molecule has 4 fully saturated rings. The Morgan fingerprint density at radius 1 is 1.17 bits per heavy atom. The third-order valence-corrected chi connectivity index (χ3v) is 9.39. The monoisotopic (exact) mass is 436 g/mol. The van der Waals surface area contributed by atoms with E-state index < -0.39 is 20.8 Å². The zero-order valence-corrected chi connectivity index (χ0v) is 18.5.